The smallest absolute Gasteiger partial charge is 0.404 e. The maximum atomic E-state index is 13.2. The van der Waals surface area contributed by atoms with Crippen molar-refractivity contribution in [2.24, 2.45) is 0 Å². The molecule has 1 aromatic carbocycles. The molecule has 2 heterocycles. The largest absolute Gasteiger partial charge is 0.497 e. The van der Waals surface area contributed by atoms with E-state index in [1.165, 1.54) is 11.8 Å². The number of nitrogens with zero attached hydrogens (tertiary/aromatic N) is 2. The van der Waals surface area contributed by atoms with Gasteiger partial charge in [-0.3, -0.25) is 4.79 Å². The molecule has 1 aliphatic rings. The van der Waals surface area contributed by atoms with E-state index in [2.05, 4.69) is 10.4 Å². The molecule has 0 saturated carbocycles. The van der Waals surface area contributed by atoms with E-state index in [1.54, 1.807) is 24.3 Å². The molecule has 1 N–H and O–H groups in total. The first-order valence-corrected chi connectivity index (χ1v) is 7.65. The van der Waals surface area contributed by atoms with Crippen LogP contribution in [0.1, 0.15) is 10.8 Å². The van der Waals surface area contributed by atoms with Crippen LogP contribution in [0.3, 0.4) is 0 Å². The monoisotopic (exact) mass is 343 g/mol. The predicted molar refractivity (Wildman–Crippen MR) is 80.0 cm³/mol. The number of aromatic nitrogens is 2. The quantitative estimate of drug-likeness (QED) is 0.910. The number of hydrogen-bond donors (Lipinski definition) is 1. The van der Waals surface area contributed by atoms with Gasteiger partial charge >= 0.3 is 6.18 Å². The standard InChI is InChI=1S/C14H12F3N3O2S/c1-22-9-4-2-8(3-5-9)20-13-10(6-18-20)12(14(15,16)17)23-7-11(21)19-13/h2-6,12H,7H2,1H3,(H,19,21)/t12-/m0/s1. The van der Waals surface area contributed by atoms with Gasteiger partial charge in [0.1, 0.15) is 16.8 Å². The second-order valence-corrected chi connectivity index (χ2v) is 5.93. The van der Waals surface area contributed by atoms with Gasteiger partial charge in [-0.15, -0.1) is 11.8 Å². The van der Waals surface area contributed by atoms with Gasteiger partial charge in [0.2, 0.25) is 5.91 Å². The summed E-state index contributed by atoms with van der Waals surface area (Å²) in [6.07, 6.45) is -3.31. The Balaban J connectivity index is 2.07. The molecule has 0 bridgehead atoms. The molecule has 0 spiro atoms. The van der Waals surface area contributed by atoms with Crippen molar-refractivity contribution in [1.29, 1.82) is 0 Å². The van der Waals surface area contributed by atoms with Crippen molar-refractivity contribution in [3.8, 4) is 11.4 Å². The van der Waals surface area contributed by atoms with Crippen molar-refractivity contribution in [2.45, 2.75) is 11.4 Å². The molecule has 1 atom stereocenters. The number of methoxy groups -OCH3 is 1. The van der Waals surface area contributed by atoms with E-state index >= 15 is 0 Å². The van der Waals surface area contributed by atoms with Gasteiger partial charge in [0, 0.05) is 5.56 Å². The van der Waals surface area contributed by atoms with E-state index in [0.717, 1.165) is 6.20 Å². The summed E-state index contributed by atoms with van der Waals surface area (Å²) in [5.41, 5.74) is 0.476. The molecule has 0 unspecified atom stereocenters. The molecule has 23 heavy (non-hydrogen) atoms. The van der Waals surface area contributed by atoms with Crippen molar-refractivity contribution in [2.75, 3.05) is 18.2 Å². The minimum Gasteiger partial charge on any atom is -0.497 e. The maximum absolute atomic E-state index is 13.2. The van der Waals surface area contributed by atoms with Gasteiger partial charge in [0.25, 0.3) is 0 Å². The molecule has 5 nitrogen and oxygen atoms in total. The first-order chi connectivity index (χ1) is 10.9. The zero-order valence-electron chi connectivity index (χ0n) is 11.9. The fourth-order valence-electron chi connectivity index (χ4n) is 2.29. The van der Waals surface area contributed by atoms with Crippen molar-refractivity contribution >= 4 is 23.5 Å². The summed E-state index contributed by atoms with van der Waals surface area (Å²) in [5.74, 6) is -0.0907. The second kappa shape index (κ2) is 5.80. The van der Waals surface area contributed by atoms with Crippen molar-refractivity contribution in [3.05, 3.63) is 36.0 Å². The van der Waals surface area contributed by atoms with Crippen LogP contribution < -0.4 is 10.1 Å². The van der Waals surface area contributed by atoms with Crippen LogP contribution in [0, 0.1) is 0 Å². The molecule has 0 radical (unpaired) electrons. The lowest BCUT2D eigenvalue weighted by Crippen LogP contribution is -2.17. The number of amides is 1. The molecule has 1 aromatic heterocycles. The Morgan fingerprint density at radius 2 is 2.04 bits per heavy atom. The number of hydrogen-bond acceptors (Lipinski definition) is 4. The number of nitrogens with one attached hydrogen (secondary N) is 1. The lowest BCUT2D eigenvalue weighted by Gasteiger charge is -2.17. The summed E-state index contributed by atoms with van der Waals surface area (Å²) < 4.78 is 46.0. The summed E-state index contributed by atoms with van der Waals surface area (Å²) in [6.45, 7) is 0. The highest BCUT2D eigenvalue weighted by Crippen LogP contribution is 2.47. The van der Waals surface area contributed by atoms with Crippen LogP contribution in [0.2, 0.25) is 0 Å². The van der Waals surface area contributed by atoms with E-state index in [-0.39, 0.29) is 17.1 Å². The van der Waals surface area contributed by atoms with Crippen LogP contribution in [-0.2, 0) is 4.79 Å². The minimum absolute atomic E-state index is 0.0486. The topological polar surface area (TPSA) is 56.1 Å². The lowest BCUT2D eigenvalue weighted by atomic mass is 10.2. The summed E-state index contributed by atoms with van der Waals surface area (Å²) in [4.78, 5) is 11.7. The molecular weight excluding hydrogens is 331 g/mol. The van der Waals surface area contributed by atoms with E-state index in [9.17, 15) is 18.0 Å². The maximum Gasteiger partial charge on any atom is 0.404 e. The van der Waals surface area contributed by atoms with E-state index in [0.29, 0.717) is 23.2 Å². The minimum atomic E-state index is -4.46. The Morgan fingerprint density at radius 1 is 1.35 bits per heavy atom. The molecule has 0 aliphatic carbocycles. The van der Waals surface area contributed by atoms with Gasteiger partial charge in [-0.2, -0.15) is 18.3 Å². The van der Waals surface area contributed by atoms with Crippen LogP contribution in [0.25, 0.3) is 5.69 Å². The Morgan fingerprint density at radius 3 is 2.65 bits per heavy atom. The number of halogens is 3. The summed E-state index contributed by atoms with van der Waals surface area (Å²) in [6, 6.07) is 6.63. The fraction of sp³-hybridized carbons (Fsp3) is 0.286. The number of ether oxygens (including phenoxy) is 1. The molecule has 122 valence electrons. The molecule has 1 aliphatic heterocycles. The average Bonchev–Trinajstić information content (AvgIpc) is 2.81. The lowest BCUT2D eigenvalue weighted by molar-refractivity contribution is -0.129. The molecule has 0 saturated heterocycles. The van der Waals surface area contributed by atoms with Crippen LogP contribution >= 0.6 is 11.8 Å². The Kier molecular flexibility index (Phi) is 3.97. The van der Waals surface area contributed by atoms with Gasteiger partial charge < -0.3 is 10.1 Å². The van der Waals surface area contributed by atoms with Crippen LogP contribution in [0.5, 0.6) is 5.75 Å². The number of anilines is 1. The van der Waals surface area contributed by atoms with Gasteiger partial charge in [-0.25, -0.2) is 4.68 Å². The zero-order chi connectivity index (χ0) is 16.6. The van der Waals surface area contributed by atoms with Gasteiger partial charge in [0.05, 0.1) is 24.7 Å². The Hall–Kier alpha value is -2.16. The fourth-order valence-corrected chi connectivity index (χ4v) is 3.22. The van der Waals surface area contributed by atoms with Gasteiger partial charge in [0.15, 0.2) is 0 Å². The first kappa shape index (κ1) is 15.7. The number of alkyl halides is 3. The highest BCUT2D eigenvalue weighted by atomic mass is 32.2. The zero-order valence-corrected chi connectivity index (χ0v) is 12.7. The Bertz CT molecular complexity index is 728. The van der Waals surface area contributed by atoms with Gasteiger partial charge in [-0.1, -0.05) is 0 Å². The third kappa shape index (κ3) is 3.00. The highest BCUT2D eigenvalue weighted by molar-refractivity contribution is 8.00. The summed E-state index contributed by atoms with van der Waals surface area (Å²) in [7, 11) is 1.51. The highest BCUT2D eigenvalue weighted by Gasteiger charge is 2.45. The molecule has 1 amide bonds. The molecule has 9 heteroatoms. The number of rotatable bonds is 2. The van der Waals surface area contributed by atoms with Crippen LogP contribution in [-0.4, -0.2) is 34.7 Å². The first-order valence-electron chi connectivity index (χ1n) is 6.60. The van der Waals surface area contributed by atoms with Crippen LogP contribution in [0.4, 0.5) is 19.0 Å². The number of fused-ring (bicyclic) bond motifs is 1. The summed E-state index contributed by atoms with van der Waals surface area (Å²) >= 11 is 0.546. The number of carbonyl (C=O) groups excluding carboxylic acids is 1. The average molecular weight is 343 g/mol. The second-order valence-electron chi connectivity index (χ2n) is 4.84. The third-order valence-corrected chi connectivity index (χ3v) is 4.62. The predicted octanol–water partition coefficient (Wildman–Crippen LogP) is 3.17. The Labute approximate surface area is 133 Å². The third-order valence-electron chi connectivity index (χ3n) is 3.33. The normalized spacial score (nSPS) is 18.1. The van der Waals surface area contributed by atoms with Crippen LogP contribution in [0.15, 0.2) is 30.5 Å². The SMILES string of the molecule is COc1ccc(-n2ncc3c2NC(=O)CS[C@@H]3C(F)(F)F)cc1. The van der Waals surface area contributed by atoms with E-state index in [4.69, 9.17) is 4.74 Å². The number of thioether (sulfide) groups is 1. The summed E-state index contributed by atoms with van der Waals surface area (Å²) in [5, 5.41) is 4.73. The van der Waals surface area contributed by atoms with Crippen molar-refractivity contribution in [1.82, 2.24) is 9.78 Å². The van der Waals surface area contributed by atoms with E-state index in [1.807, 2.05) is 0 Å². The van der Waals surface area contributed by atoms with Crippen molar-refractivity contribution in [3.63, 3.8) is 0 Å². The molecule has 0 fully saturated rings. The molecular formula is C14H12F3N3O2S. The number of carbonyl (C=O) groups is 1. The molecule has 3 rings (SSSR count). The van der Waals surface area contributed by atoms with Gasteiger partial charge in [-0.05, 0) is 24.3 Å². The number of benzene rings is 1. The van der Waals surface area contributed by atoms with E-state index < -0.39 is 17.3 Å². The molecule has 2 aromatic rings. The van der Waals surface area contributed by atoms with Crippen molar-refractivity contribution < 1.29 is 22.7 Å².